The maximum absolute atomic E-state index is 13.8. The first-order chi connectivity index (χ1) is 19.2. The van der Waals surface area contributed by atoms with Crippen LogP contribution in [0.15, 0.2) is 60.7 Å². The van der Waals surface area contributed by atoms with E-state index in [1.807, 2.05) is 45.0 Å². The second kappa shape index (κ2) is 11.1. The van der Waals surface area contributed by atoms with Gasteiger partial charge in [-0.25, -0.2) is 0 Å². The molecular weight excluding hydrogens is 525 g/mol. The maximum Gasteiger partial charge on any atom is 0.416 e. The number of rotatable bonds is 6. The van der Waals surface area contributed by atoms with Crippen molar-refractivity contribution in [2.45, 2.75) is 59.1 Å². The molecule has 0 aliphatic carbocycles. The summed E-state index contributed by atoms with van der Waals surface area (Å²) in [6.45, 7) is 9.17. The van der Waals surface area contributed by atoms with E-state index in [0.29, 0.717) is 40.7 Å². The van der Waals surface area contributed by atoms with Gasteiger partial charge in [-0.05, 0) is 89.7 Å². The van der Waals surface area contributed by atoms with Gasteiger partial charge in [0, 0.05) is 17.4 Å². The zero-order valence-corrected chi connectivity index (χ0v) is 23.5. The van der Waals surface area contributed by atoms with Crippen molar-refractivity contribution in [1.82, 2.24) is 0 Å². The van der Waals surface area contributed by atoms with E-state index in [1.165, 1.54) is 0 Å². The van der Waals surface area contributed by atoms with Gasteiger partial charge in [0.25, 0.3) is 0 Å². The van der Waals surface area contributed by atoms with E-state index in [0.717, 1.165) is 23.3 Å². The third-order valence-electron chi connectivity index (χ3n) is 6.91. The van der Waals surface area contributed by atoms with Crippen LogP contribution in [0, 0.1) is 29.6 Å². The molecule has 208 valence electrons. The standard InChI is InChI=1S/C34H29F3N2O2/c1-20-12-23(16-27(13-20)34(35,36)37)31-29(19-39)25(18-38)14-24-15-26(33(3,4)5)17-30(32(24)31)41-28-10-8-22(9-11-28)7-6-21(2)40/h8-17H,6-7H2,1-5H3. The number of ether oxygens (including phenoxy) is 1. The fourth-order valence-electron chi connectivity index (χ4n) is 4.77. The minimum atomic E-state index is -4.60. The molecule has 4 nitrogen and oxygen atoms in total. The van der Waals surface area contributed by atoms with E-state index >= 15 is 0 Å². The molecule has 0 aliphatic rings. The van der Waals surface area contributed by atoms with Gasteiger partial charge in [-0.2, -0.15) is 23.7 Å². The number of carbonyl (C=O) groups excluding carboxylic acids is 1. The summed E-state index contributed by atoms with van der Waals surface area (Å²) in [5, 5.41) is 21.1. The molecule has 0 spiro atoms. The molecule has 0 bridgehead atoms. The van der Waals surface area contributed by atoms with Crippen LogP contribution in [-0.4, -0.2) is 5.78 Å². The zero-order chi connectivity index (χ0) is 30.1. The van der Waals surface area contributed by atoms with Gasteiger partial charge in [0.15, 0.2) is 0 Å². The summed E-state index contributed by atoms with van der Waals surface area (Å²) in [4.78, 5) is 11.4. The predicted octanol–water partition coefficient (Wildman–Crippen LogP) is 9.19. The first kappa shape index (κ1) is 29.4. The number of benzene rings is 4. The van der Waals surface area contributed by atoms with E-state index in [4.69, 9.17) is 4.74 Å². The summed E-state index contributed by atoms with van der Waals surface area (Å²) in [7, 11) is 0. The SMILES string of the molecule is CC(=O)CCc1ccc(Oc2cc(C(C)(C)C)cc3cc(C#N)c(C#N)c(-c4cc(C)cc(C(F)(F)F)c4)c23)cc1. The lowest BCUT2D eigenvalue weighted by Crippen LogP contribution is -2.11. The average Bonchev–Trinajstić information content (AvgIpc) is 2.90. The molecule has 0 saturated carbocycles. The number of nitriles is 2. The van der Waals surface area contributed by atoms with Gasteiger partial charge in [-0.15, -0.1) is 0 Å². The topological polar surface area (TPSA) is 73.9 Å². The monoisotopic (exact) mass is 554 g/mol. The summed E-state index contributed by atoms with van der Waals surface area (Å²) >= 11 is 0. The Balaban J connectivity index is 2.04. The molecule has 0 unspecified atom stereocenters. The molecule has 0 aliphatic heterocycles. The highest BCUT2D eigenvalue weighted by Crippen LogP contribution is 2.45. The van der Waals surface area contributed by atoms with E-state index in [9.17, 15) is 28.5 Å². The van der Waals surface area contributed by atoms with Gasteiger partial charge >= 0.3 is 6.18 Å². The van der Waals surface area contributed by atoms with Crippen molar-refractivity contribution in [1.29, 1.82) is 10.5 Å². The highest BCUT2D eigenvalue weighted by atomic mass is 19.4. The fourth-order valence-corrected chi connectivity index (χ4v) is 4.77. The number of hydrogen-bond donors (Lipinski definition) is 0. The first-order valence-electron chi connectivity index (χ1n) is 13.1. The third kappa shape index (κ3) is 6.42. The molecule has 0 saturated heterocycles. The van der Waals surface area contributed by atoms with Gasteiger partial charge in [0.2, 0.25) is 0 Å². The quantitative estimate of drug-likeness (QED) is 0.238. The van der Waals surface area contributed by atoms with Crippen molar-refractivity contribution in [3.05, 3.63) is 94.0 Å². The minimum absolute atomic E-state index is 0.0216. The number of hydrogen-bond acceptors (Lipinski definition) is 4. The molecule has 4 aromatic rings. The van der Waals surface area contributed by atoms with E-state index in [2.05, 4.69) is 12.1 Å². The number of halogens is 3. The van der Waals surface area contributed by atoms with Crippen LogP contribution in [0.25, 0.3) is 21.9 Å². The van der Waals surface area contributed by atoms with Crippen LogP contribution in [0.5, 0.6) is 11.5 Å². The van der Waals surface area contributed by atoms with Crippen molar-refractivity contribution in [2.75, 3.05) is 0 Å². The van der Waals surface area contributed by atoms with Crippen LogP contribution in [-0.2, 0) is 22.8 Å². The Hall–Kier alpha value is -4.62. The lowest BCUT2D eigenvalue weighted by Gasteiger charge is -2.23. The normalized spacial score (nSPS) is 11.7. The minimum Gasteiger partial charge on any atom is -0.457 e. The number of Topliss-reactive ketones (excluding diaryl/α,β-unsaturated/α-hetero) is 1. The molecule has 0 aromatic heterocycles. The van der Waals surface area contributed by atoms with Gasteiger partial charge in [-0.3, -0.25) is 0 Å². The molecule has 4 aromatic carbocycles. The molecule has 0 amide bonds. The van der Waals surface area contributed by atoms with Crippen LogP contribution in [0.3, 0.4) is 0 Å². The van der Waals surface area contributed by atoms with Crippen molar-refractivity contribution >= 4 is 16.6 Å². The highest BCUT2D eigenvalue weighted by Gasteiger charge is 2.32. The van der Waals surface area contributed by atoms with Crippen molar-refractivity contribution in [2.24, 2.45) is 0 Å². The number of nitrogens with zero attached hydrogens (tertiary/aromatic N) is 2. The Morgan fingerprint density at radius 3 is 2.15 bits per heavy atom. The Kier molecular flexibility index (Phi) is 7.95. The summed E-state index contributed by atoms with van der Waals surface area (Å²) in [5.74, 6) is 0.936. The Bertz CT molecular complexity index is 1730. The van der Waals surface area contributed by atoms with E-state index in [-0.39, 0.29) is 33.5 Å². The van der Waals surface area contributed by atoms with Gasteiger partial charge < -0.3 is 9.53 Å². The number of aryl methyl sites for hydroxylation is 2. The summed E-state index contributed by atoms with van der Waals surface area (Å²) in [6, 6.07) is 20.3. The molecule has 7 heteroatoms. The van der Waals surface area contributed by atoms with Crippen LogP contribution in [0.1, 0.15) is 67.5 Å². The molecule has 41 heavy (non-hydrogen) atoms. The van der Waals surface area contributed by atoms with Crippen LogP contribution >= 0.6 is 0 Å². The Morgan fingerprint density at radius 1 is 0.902 bits per heavy atom. The summed E-state index contributed by atoms with van der Waals surface area (Å²) < 4.78 is 47.9. The van der Waals surface area contributed by atoms with Gasteiger partial charge in [0.1, 0.15) is 29.4 Å². The van der Waals surface area contributed by atoms with Gasteiger partial charge in [-0.1, -0.05) is 45.0 Å². The van der Waals surface area contributed by atoms with Crippen molar-refractivity contribution in [3.8, 4) is 34.8 Å². The molecule has 0 radical (unpaired) electrons. The van der Waals surface area contributed by atoms with Crippen LogP contribution < -0.4 is 4.74 Å². The van der Waals surface area contributed by atoms with Crippen molar-refractivity contribution < 1.29 is 22.7 Å². The predicted molar refractivity (Wildman–Crippen MR) is 153 cm³/mol. The number of carbonyl (C=O) groups is 1. The van der Waals surface area contributed by atoms with Crippen LogP contribution in [0.4, 0.5) is 13.2 Å². The first-order valence-corrected chi connectivity index (χ1v) is 13.1. The average molecular weight is 555 g/mol. The van der Waals surface area contributed by atoms with Gasteiger partial charge in [0.05, 0.1) is 16.7 Å². The molecule has 0 fully saturated rings. The summed E-state index contributed by atoms with van der Waals surface area (Å²) in [6.07, 6.45) is -3.57. The second-order valence-corrected chi connectivity index (χ2v) is 11.3. The number of ketones is 1. The largest absolute Gasteiger partial charge is 0.457 e. The van der Waals surface area contributed by atoms with Crippen LogP contribution in [0.2, 0.25) is 0 Å². The fraction of sp³-hybridized carbons (Fsp3) is 0.265. The Morgan fingerprint density at radius 2 is 1.59 bits per heavy atom. The Labute approximate surface area is 237 Å². The summed E-state index contributed by atoms with van der Waals surface area (Å²) in [5.41, 5.74) is 1.48. The third-order valence-corrected chi connectivity index (χ3v) is 6.91. The molecular formula is C34H29F3N2O2. The molecule has 0 heterocycles. The molecule has 4 rings (SSSR count). The second-order valence-electron chi connectivity index (χ2n) is 11.3. The van der Waals surface area contributed by atoms with E-state index in [1.54, 1.807) is 38.1 Å². The van der Waals surface area contributed by atoms with E-state index < -0.39 is 11.7 Å². The lowest BCUT2D eigenvalue weighted by atomic mass is 9.82. The molecule has 0 atom stereocenters. The number of alkyl halides is 3. The zero-order valence-electron chi connectivity index (χ0n) is 23.5. The molecule has 0 N–H and O–H groups in total. The highest BCUT2D eigenvalue weighted by molar-refractivity contribution is 6.05. The number of fused-ring (bicyclic) bond motifs is 1. The smallest absolute Gasteiger partial charge is 0.416 e. The maximum atomic E-state index is 13.8. The van der Waals surface area contributed by atoms with Crippen molar-refractivity contribution in [3.63, 3.8) is 0 Å². The lowest BCUT2D eigenvalue weighted by molar-refractivity contribution is -0.137.